The lowest BCUT2D eigenvalue weighted by Gasteiger charge is -2.10. The summed E-state index contributed by atoms with van der Waals surface area (Å²) < 4.78 is 19.0. The van der Waals surface area contributed by atoms with Gasteiger partial charge in [0.15, 0.2) is 6.61 Å². The van der Waals surface area contributed by atoms with E-state index < -0.39 is 23.5 Å². The van der Waals surface area contributed by atoms with Crippen molar-refractivity contribution in [1.82, 2.24) is 5.43 Å². The minimum Gasteiger partial charge on any atom is -0.482 e. The van der Waals surface area contributed by atoms with Gasteiger partial charge in [0.1, 0.15) is 11.6 Å². The summed E-state index contributed by atoms with van der Waals surface area (Å²) in [5, 5.41) is 9.02. The Balaban J connectivity index is 1.50. The fourth-order valence-electron chi connectivity index (χ4n) is 2.56. The Labute approximate surface area is 203 Å². The Hall–Kier alpha value is -3.95. The molecule has 0 fully saturated rings. The number of ether oxygens (including phenoxy) is 1. The van der Waals surface area contributed by atoms with E-state index in [1.54, 1.807) is 30.3 Å². The first kappa shape index (κ1) is 24.7. The van der Waals surface area contributed by atoms with Gasteiger partial charge in [-0.1, -0.05) is 47.5 Å². The van der Waals surface area contributed by atoms with Crippen LogP contribution < -0.4 is 20.8 Å². The number of amides is 3. The molecule has 34 heavy (non-hydrogen) atoms. The minimum absolute atomic E-state index is 0.130. The van der Waals surface area contributed by atoms with Crippen LogP contribution >= 0.6 is 23.2 Å². The van der Waals surface area contributed by atoms with E-state index in [0.29, 0.717) is 16.3 Å². The Morgan fingerprint density at radius 2 is 1.59 bits per heavy atom. The Kier molecular flexibility index (Phi) is 8.55. The van der Waals surface area contributed by atoms with E-state index in [1.807, 2.05) is 5.43 Å². The SMILES string of the molecule is O=C(COc1ccc(/C=N\NC(=O)C(=O)Nc2ccccc2F)cc1Cl)Nc1ccccc1Cl. The van der Waals surface area contributed by atoms with Crippen molar-refractivity contribution < 1.29 is 23.5 Å². The highest BCUT2D eigenvalue weighted by Gasteiger charge is 2.14. The van der Waals surface area contributed by atoms with Crippen LogP contribution in [0.2, 0.25) is 10.0 Å². The summed E-state index contributed by atoms with van der Waals surface area (Å²) >= 11 is 12.2. The summed E-state index contributed by atoms with van der Waals surface area (Å²) in [5.41, 5.74) is 2.84. The molecule has 0 radical (unpaired) electrons. The Bertz CT molecular complexity index is 1250. The van der Waals surface area contributed by atoms with E-state index in [2.05, 4.69) is 15.7 Å². The van der Waals surface area contributed by atoms with E-state index in [1.165, 1.54) is 36.5 Å². The summed E-state index contributed by atoms with van der Waals surface area (Å²) in [7, 11) is 0. The van der Waals surface area contributed by atoms with Crippen LogP contribution in [0.4, 0.5) is 15.8 Å². The smallest absolute Gasteiger partial charge is 0.329 e. The molecular formula is C23H17Cl2FN4O4. The molecule has 0 bridgehead atoms. The van der Waals surface area contributed by atoms with Crippen LogP contribution in [0.1, 0.15) is 5.56 Å². The molecule has 174 valence electrons. The number of rotatable bonds is 7. The number of hydrogen-bond acceptors (Lipinski definition) is 5. The molecule has 0 saturated carbocycles. The maximum absolute atomic E-state index is 13.5. The third-order valence-corrected chi connectivity index (χ3v) is 4.80. The average molecular weight is 503 g/mol. The topological polar surface area (TPSA) is 109 Å². The fourth-order valence-corrected chi connectivity index (χ4v) is 2.99. The van der Waals surface area contributed by atoms with Gasteiger partial charge in [-0.3, -0.25) is 14.4 Å². The molecule has 0 aliphatic rings. The lowest BCUT2D eigenvalue weighted by Crippen LogP contribution is -2.32. The van der Waals surface area contributed by atoms with Gasteiger partial charge >= 0.3 is 11.8 Å². The van der Waals surface area contributed by atoms with Crippen LogP contribution in [0.3, 0.4) is 0 Å². The van der Waals surface area contributed by atoms with Crippen molar-refractivity contribution in [2.45, 2.75) is 0 Å². The van der Waals surface area contributed by atoms with Crippen molar-refractivity contribution in [3.8, 4) is 5.75 Å². The number of para-hydroxylation sites is 2. The highest BCUT2D eigenvalue weighted by molar-refractivity contribution is 6.39. The second-order valence-corrected chi connectivity index (χ2v) is 7.45. The third-order valence-electron chi connectivity index (χ3n) is 4.17. The maximum Gasteiger partial charge on any atom is 0.329 e. The molecule has 0 atom stereocenters. The molecule has 0 aromatic heterocycles. The van der Waals surface area contributed by atoms with Crippen molar-refractivity contribution in [2.75, 3.05) is 17.2 Å². The largest absolute Gasteiger partial charge is 0.482 e. The van der Waals surface area contributed by atoms with Gasteiger partial charge in [0.25, 0.3) is 5.91 Å². The van der Waals surface area contributed by atoms with Crippen molar-refractivity contribution in [1.29, 1.82) is 0 Å². The molecule has 11 heteroatoms. The number of carbonyl (C=O) groups excluding carboxylic acids is 3. The average Bonchev–Trinajstić information content (AvgIpc) is 2.81. The molecule has 8 nitrogen and oxygen atoms in total. The maximum atomic E-state index is 13.5. The van der Waals surface area contributed by atoms with Gasteiger partial charge in [-0.2, -0.15) is 5.10 Å². The first-order valence-corrected chi connectivity index (χ1v) is 10.4. The zero-order chi connectivity index (χ0) is 24.5. The molecule has 0 heterocycles. The lowest BCUT2D eigenvalue weighted by molar-refractivity contribution is -0.136. The van der Waals surface area contributed by atoms with Gasteiger partial charge in [0.2, 0.25) is 0 Å². The van der Waals surface area contributed by atoms with Gasteiger partial charge in [0, 0.05) is 0 Å². The molecular weight excluding hydrogens is 486 g/mol. The van der Waals surface area contributed by atoms with Gasteiger partial charge in [0.05, 0.1) is 27.6 Å². The molecule has 3 amide bonds. The van der Waals surface area contributed by atoms with E-state index in [4.69, 9.17) is 27.9 Å². The molecule has 0 aliphatic carbocycles. The van der Waals surface area contributed by atoms with E-state index in [-0.39, 0.29) is 23.1 Å². The third kappa shape index (κ3) is 7.03. The van der Waals surface area contributed by atoms with Crippen LogP contribution in [0.15, 0.2) is 71.8 Å². The van der Waals surface area contributed by atoms with Crippen molar-refractivity contribution in [3.63, 3.8) is 0 Å². The van der Waals surface area contributed by atoms with Crippen molar-refractivity contribution in [2.24, 2.45) is 5.10 Å². The minimum atomic E-state index is -1.09. The number of nitrogens with zero attached hydrogens (tertiary/aromatic N) is 1. The first-order valence-electron chi connectivity index (χ1n) is 9.69. The summed E-state index contributed by atoms with van der Waals surface area (Å²) in [6.07, 6.45) is 1.24. The molecule has 0 unspecified atom stereocenters. The van der Waals surface area contributed by atoms with Crippen molar-refractivity contribution in [3.05, 3.63) is 88.2 Å². The predicted molar refractivity (Wildman–Crippen MR) is 128 cm³/mol. The number of hydrazone groups is 1. The predicted octanol–water partition coefficient (Wildman–Crippen LogP) is 4.24. The van der Waals surface area contributed by atoms with Crippen LogP contribution in [0.5, 0.6) is 5.75 Å². The Morgan fingerprint density at radius 3 is 2.29 bits per heavy atom. The van der Waals surface area contributed by atoms with E-state index in [0.717, 1.165) is 6.07 Å². The number of halogens is 3. The normalized spacial score (nSPS) is 10.6. The molecule has 3 N–H and O–H groups in total. The van der Waals surface area contributed by atoms with Crippen LogP contribution in [-0.4, -0.2) is 30.5 Å². The second kappa shape index (κ2) is 11.8. The Morgan fingerprint density at radius 1 is 0.882 bits per heavy atom. The van der Waals surface area contributed by atoms with Gasteiger partial charge < -0.3 is 15.4 Å². The quantitative estimate of drug-likeness (QED) is 0.255. The number of anilines is 2. The summed E-state index contributed by atoms with van der Waals surface area (Å²) in [4.78, 5) is 35.7. The fraction of sp³-hybridized carbons (Fsp3) is 0.0435. The zero-order valence-electron chi connectivity index (χ0n) is 17.3. The number of carbonyl (C=O) groups is 3. The molecule has 0 spiro atoms. The standard InChI is InChI=1S/C23H17Cl2FN4O4/c24-15-5-1-3-7-18(15)28-21(31)13-34-20-10-9-14(11-16(20)25)12-27-30-23(33)22(32)29-19-8-4-2-6-17(19)26/h1-12H,13H2,(H,28,31)(H,29,32)(H,30,33)/b27-12-. The molecule has 0 saturated heterocycles. The number of hydrogen-bond donors (Lipinski definition) is 3. The second-order valence-electron chi connectivity index (χ2n) is 6.64. The summed E-state index contributed by atoms with van der Waals surface area (Å²) in [6.45, 7) is -0.300. The lowest BCUT2D eigenvalue weighted by atomic mass is 10.2. The molecule has 3 aromatic carbocycles. The molecule has 3 aromatic rings. The molecule has 3 rings (SSSR count). The van der Waals surface area contributed by atoms with E-state index >= 15 is 0 Å². The highest BCUT2D eigenvalue weighted by atomic mass is 35.5. The van der Waals surface area contributed by atoms with E-state index in [9.17, 15) is 18.8 Å². The summed E-state index contributed by atoms with van der Waals surface area (Å²) in [6, 6.07) is 16.8. The van der Waals surface area contributed by atoms with Crippen LogP contribution in [0, 0.1) is 5.82 Å². The van der Waals surface area contributed by atoms with Gasteiger partial charge in [-0.15, -0.1) is 0 Å². The highest BCUT2D eigenvalue weighted by Crippen LogP contribution is 2.25. The number of benzene rings is 3. The monoisotopic (exact) mass is 502 g/mol. The zero-order valence-corrected chi connectivity index (χ0v) is 18.9. The van der Waals surface area contributed by atoms with Crippen molar-refractivity contribution >= 4 is 58.5 Å². The van der Waals surface area contributed by atoms with Crippen LogP contribution in [-0.2, 0) is 14.4 Å². The number of nitrogens with one attached hydrogen (secondary N) is 3. The summed E-state index contributed by atoms with van der Waals surface area (Å²) in [5.74, 6) is -3.02. The van der Waals surface area contributed by atoms with Crippen LogP contribution in [0.25, 0.3) is 0 Å². The van der Waals surface area contributed by atoms with Gasteiger partial charge in [-0.05, 0) is 48.0 Å². The van der Waals surface area contributed by atoms with Gasteiger partial charge in [-0.25, -0.2) is 9.82 Å². The molecule has 0 aliphatic heterocycles. The first-order chi connectivity index (χ1) is 16.3.